The van der Waals surface area contributed by atoms with E-state index >= 15 is 0 Å². The van der Waals surface area contributed by atoms with Gasteiger partial charge < -0.3 is 4.90 Å². The molecular formula is C20H22N6O. The summed E-state index contributed by atoms with van der Waals surface area (Å²) >= 11 is 0. The van der Waals surface area contributed by atoms with Gasteiger partial charge in [0.1, 0.15) is 11.5 Å². The topological polar surface area (TPSA) is 87.7 Å². The number of piperidine rings is 1. The van der Waals surface area contributed by atoms with Crippen LogP contribution >= 0.6 is 0 Å². The van der Waals surface area contributed by atoms with Gasteiger partial charge in [0.15, 0.2) is 5.69 Å². The molecule has 3 heterocycles. The summed E-state index contributed by atoms with van der Waals surface area (Å²) in [5.74, 6) is 1.11. The monoisotopic (exact) mass is 362 g/mol. The van der Waals surface area contributed by atoms with Crippen molar-refractivity contribution < 1.29 is 4.79 Å². The highest BCUT2D eigenvalue weighted by atomic mass is 16.2. The highest BCUT2D eigenvalue weighted by Crippen LogP contribution is 2.19. The highest BCUT2D eigenvalue weighted by molar-refractivity contribution is 5.97. The van der Waals surface area contributed by atoms with Crippen molar-refractivity contribution in [3.05, 3.63) is 59.8 Å². The molecule has 1 saturated heterocycles. The second-order valence-corrected chi connectivity index (χ2v) is 6.70. The minimum Gasteiger partial charge on any atom is -0.337 e. The van der Waals surface area contributed by atoms with E-state index in [0.29, 0.717) is 17.2 Å². The Kier molecular flexibility index (Phi) is 5.18. The van der Waals surface area contributed by atoms with Gasteiger partial charge in [-0.05, 0) is 31.2 Å². The number of rotatable bonds is 5. The fraction of sp³-hybridized carbons (Fsp3) is 0.350. The predicted octanol–water partition coefficient (Wildman–Crippen LogP) is 2.67. The van der Waals surface area contributed by atoms with Crippen LogP contribution < -0.4 is 0 Å². The number of nitrogens with one attached hydrogen (secondary N) is 1. The number of aryl methyl sites for hydroxylation is 2. The molecule has 138 valence electrons. The molecule has 0 radical (unpaired) electrons. The molecule has 1 aromatic carbocycles. The van der Waals surface area contributed by atoms with Crippen LogP contribution in [-0.4, -0.2) is 49.0 Å². The van der Waals surface area contributed by atoms with Crippen LogP contribution in [0.4, 0.5) is 0 Å². The van der Waals surface area contributed by atoms with Gasteiger partial charge in [-0.2, -0.15) is 5.10 Å². The summed E-state index contributed by atoms with van der Waals surface area (Å²) in [4.78, 5) is 27.9. The largest absolute Gasteiger partial charge is 0.337 e. The lowest BCUT2D eigenvalue weighted by atomic mass is 10.1. The lowest BCUT2D eigenvalue weighted by molar-refractivity contribution is 0.0718. The van der Waals surface area contributed by atoms with Crippen molar-refractivity contribution in [2.24, 2.45) is 0 Å². The number of aromatic amines is 1. The summed E-state index contributed by atoms with van der Waals surface area (Å²) in [5.41, 5.74) is 2.01. The van der Waals surface area contributed by atoms with Crippen molar-refractivity contribution >= 4 is 5.91 Å². The van der Waals surface area contributed by atoms with E-state index in [1.807, 2.05) is 23.1 Å². The van der Waals surface area contributed by atoms with Crippen molar-refractivity contribution in [3.8, 4) is 11.5 Å². The summed E-state index contributed by atoms with van der Waals surface area (Å²) in [6.45, 7) is 1.54. The minimum absolute atomic E-state index is 0.0894. The van der Waals surface area contributed by atoms with Crippen LogP contribution in [0.5, 0.6) is 0 Å². The Hall–Kier alpha value is -3.09. The van der Waals surface area contributed by atoms with Gasteiger partial charge in [0, 0.05) is 31.9 Å². The fourth-order valence-corrected chi connectivity index (χ4v) is 3.33. The van der Waals surface area contributed by atoms with E-state index in [-0.39, 0.29) is 5.91 Å². The van der Waals surface area contributed by atoms with E-state index < -0.39 is 0 Å². The predicted molar refractivity (Wildman–Crippen MR) is 101 cm³/mol. The first kappa shape index (κ1) is 17.3. The van der Waals surface area contributed by atoms with Crippen molar-refractivity contribution in [3.63, 3.8) is 0 Å². The van der Waals surface area contributed by atoms with Crippen LogP contribution in [0, 0.1) is 0 Å². The molecule has 4 rings (SSSR count). The molecule has 0 atom stereocenters. The summed E-state index contributed by atoms with van der Waals surface area (Å²) < 4.78 is 0. The van der Waals surface area contributed by atoms with E-state index in [9.17, 15) is 4.79 Å². The van der Waals surface area contributed by atoms with E-state index in [2.05, 4.69) is 37.3 Å². The minimum atomic E-state index is -0.0894. The van der Waals surface area contributed by atoms with Crippen LogP contribution in [0.1, 0.15) is 41.1 Å². The molecule has 3 aromatic rings. The Morgan fingerprint density at radius 2 is 1.78 bits per heavy atom. The SMILES string of the molecule is O=C(c1nccnc1-c1n[nH]c(CCc2ccccc2)n1)N1CCCCC1. The Morgan fingerprint density at radius 3 is 2.59 bits per heavy atom. The molecule has 7 nitrogen and oxygen atoms in total. The number of hydrogen-bond donors (Lipinski definition) is 1. The van der Waals surface area contributed by atoms with E-state index in [1.54, 1.807) is 12.4 Å². The summed E-state index contributed by atoms with van der Waals surface area (Å²) in [6, 6.07) is 10.2. The highest BCUT2D eigenvalue weighted by Gasteiger charge is 2.24. The number of benzene rings is 1. The van der Waals surface area contributed by atoms with Crippen molar-refractivity contribution in [2.45, 2.75) is 32.1 Å². The molecule has 27 heavy (non-hydrogen) atoms. The van der Waals surface area contributed by atoms with Crippen molar-refractivity contribution in [1.82, 2.24) is 30.0 Å². The number of amides is 1. The second-order valence-electron chi connectivity index (χ2n) is 6.70. The average Bonchev–Trinajstić information content (AvgIpc) is 3.22. The molecule has 1 N–H and O–H groups in total. The zero-order valence-electron chi connectivity index (χ0n) is 15.1. The van der Waals surface area contributed by atoms with Crippen molar-refractivity contribution in [1.29, 1.82) is 0 Å². The zero-order valence-corrected chi connectivity index (χ0v) is 15.1. The Labute approximate surface area is 157 Å². The third-order valence-electron chi connectivity index (χ3n) is 4.78. The quantitative estimate of drug-likeness (QED) is 0.754. The second kappa shape index (κ2) is 8.07. The summed E-state index contributed by atoms with van der Waals surface area (Å²) in [6.07, 6.45) is 7.97. The summed E-state index contributed by atoms with van der Waals surface area (Å²) in [5, 5.41) is 7.24. The smallest absolute Gasteiger partial charge is 0.274 e. The molecule has 1 aliphatic rings. The number of aromatic nitrogens is 5. The van der Waals surface area contributed by atoms with Gasteiger partial charge in [-0.1, -0.05) is 30.3 Å². The van der Waals surface area contributed by atoms with Gasteiger partial charge in [0.2, 0.25) is 5.82 Å². The molecule has 1 fully saturated rings. The van der Waals surface area contributed by atoms with Gasteiger partial charge in [0.25, 0.3) is 5.91 Å². The number of likely N-dealkylation sites (tertiary alicyclic amines) is 1. The van der Waals surface area contributed by atoms with Gasteiger partial charge in [-0.15, -0.1) is 0 Å². The van der Waals surface area contributed by atoms with Gasteiger partial charge in [-0.3, -0.25) is 9.89 Å². The molecule has 0 unspecified atom stereocenters. The number of carbonyl (C=O) groups excluding carboxylic acids is 1. The van der Waals surface area contributed by atoms with E-state index in [1.165, 1.54) is 12.0 Å². The van der Waals surface area contributed by atoms with Crippen molar-refractivity contribution in [2.75, 3.05) is 13.1 Å². The first-order valence-corrected chi connectivity index (χ1v) is 9.37. The molecule has 7 heteroatoms. The zero-order chi connectivity index (χ0) is 18.5. The third kappa shape index (κ3) is 4.02. The normalized spacial score (nSPS) is 14.3. The van der Waals surface area contributed by atoms with Crippen LogP contribution in [-0.2, 0) is 12.8 Å². The Balaban J connectivity index is 1.52. The van der Waals surface area contributed by atoms with E-state index in [0.717, 1.165) is 44.6 Å². The third-order valence-corrected chi connectivity index (χ3v) is 4.78. The van der Waals surface area contributed by atoms with E-state index in [4.69, 9.17) is 0 Å². The molecule has 1 amide bonds. The molecule has 0 aliphatic carbocycles. The van der Waals surface area contributed by atoms with Gasteiger partial charge in [-0.25, -0.2) is 15.0 Å². The number of nitrogens with zero attached hydrogens (tertiary/aromatic N) is 5. The first-order valence-electron chi connectivity index (χ1n) is 9.37. The number of carbonyl (C=O) groups is 1. The lowest BCUT2D eigenvalue weighted by Crippen LogP contribution is -2.36. The van der Waals surface area contributed by atoms with Crippen LogP contribution in [0.15, 0.2) is 42.7 Å². The van der Waals surface area contributed by atoms with Gasteiger partial charge in [0.05, 0.1) is 0 Å². The molecular weight excluding hydrogens is 340 g/mol. The first-order chi connectivity index (χ1) is 13.3. The number of hydrogen-bond acceptors (Lipinski definition) is 5. The molecule has 2 aromatic heterocycles. The fourth-order valence-electron chi connectivity index (χ4n) is 3.33. The van der Waals surface area contributed by atoms with Crippen LogP contribution in [0.25, 0.3) is 11.5 Å². The maximum absolute atomic E-state index is 12.9. The standard InChI is InChI=1S/C20H22N6O/c27-20(26-13-5-2-6-14-26)18-17(21-11-12-22-18)19-23-16(24-25-19)10-9-15-7-3-1-4-8-15/h1,3-4,7-8,11-12H,2,5-6,9-10,13-14H2,(H,23,24,25). The van der Waals surface area contributed by atoms with Crippen LogP contribution in [0.3, 0.4) is 0 Å². The average molecular weight is 362 g/mol. The molecule has 0 spiro atoms. The Bertz CT molecular complexity index is 902. The maximum Gasteiger partial charge on any atom is 0.274 e. The van der Waals surface area contributed by atoms with Gasteiger partial charge >= 0.3 is 0 Å². The summed E-state index contributed by atoms with van der Waals surface area (Å²) in [7, 11) is 0. The Morgan fingerprint density at radius 1 is 1.00 bits per heavy atom. The van der Waals surface area contributed by atoms with Crippen LogP contribution in [0.2, 0.25) is 0 Å². The lowest BCUT2D eigenvalue weighted by Gasteiger charge is -2.26. The number of H-pyrrole nitrogens is 1. The molecule has 0 saturated carbocycles. The molecule has 0 bridgehead atoms. The molecule has 1 aliphatic heterocycles. The maximum atomic E-state index is 12.9.